The van der Waals surface area contributed by atoms with E-state index in [2.05, 4.69) is 4.98 Å². The van der Waals surface area contributed by atoms with Crippen molar-refractivity contribution in [1.82, 2.24) is 4.98 Å². The van der Waals surface area contributed by atoms with E-state index in [4.69, 9.17) is 10.6 Å². The smallest absolute Gasteiger partial charge is 0.430 e. The van der Waals surface area contributed by atoms with Crippen molar-refractivity contribution < 1.29 is 22.7 Å². The molecule has 0 unspecified atom stereocenters. The van der Waals surface area contributed by atoms with Crippen molar-refractivity contribution in [2.75, 3.05) is 5.01 Å². The number of carbonyl (C=O) groups is 1. The van der Waals surface area contributed by atoms with Gasteiger partial charge in [-0.15, -0.1) is 0 Å². The van der Waals surface area contributed by atoms with E-state index in [0.29, 0.717) is 5.56 Å². The van der Waals surface area contributed by atoms with Crippen LogP contribution in [-0.4, -0.2) is 11.1 Å². The van der Waals surface area contributed by atoms with Crippen molar-refractivity contribution in [2.45, 2.75) is 12.8 Å². The molecule has 1 heterocycles. The molecule has 8 heteroatoms. The summed E-state index contributed by atoms with van der Waals surface area (Å²) in [4.78, 5) is 15.3. The lowest BCUT2D eigenvalue weighted by Crippen LogP contribution is -2.39. The average molecular weight is 311 g/mol. The Kier molecular flexibility index (Phi) is 4.62. The third-order valence-electron chi connectivity index (χ3n) is 2.72. The van der Waals surface area contributed by atoms with Crippen molar-refractivity contribution >= 4 is 11.9 Å². The summed E-state index contributed by atoms with van der Waals surface area (Å²) in [6.45, 7) is -0.110. The molecule has 0 radical (unpaired) electrons. The molecule has 0 fully saturated rings. The van der Waals surface area contributed by atoms with Crippen molar-refractivity contribution in [2.24, 2.45) is 5.84 Å². The third kappa shape index (κ3) is 3.73. The molecule has 22 heavy (non-hydrogen) atoms. The van der Waals surface area contributed by atoms with Crippen molar-refractivity contribution in [3.05, 3.63) is 59.8 Å². The highest BCUT2D eigenvalue weighted by molar-refractivity contribution is 5.86. The molecule has 0 aliphatic rings. The highest BCUT2D eigenvalue weighted by Gasteiger charge is 2.36. The molecular weight excluding hydrogens is 299 g/mol. The number of hydrogen-bond donors (Lipinski definition) is 1. The number of anilines is 1. The molecular formula is C14H12F3N3O2. The fourth-order valence-electron chi connectivity index (χ4n) is 1.69. The first-order chi connectivity index (χ1) is 10.4. The molecule has 0 bridgehead atoms. The van der Waals surface area contributed by atoms with Gasteiger partial charge in [-0.1, -0.05) is 30.3 Å². The Morgan fingerprint density at radius 1 is 1.18 bits per heavy atom. The van der Waals surface area contributed by atoms with E-state index in [1.807, 2.05) is 0 Å². The predicted molar refractivity (Wildman–Crippen MR) is 72.5 cm³/mol. The number of nitrogens with zero attached hydrogens (tertiary/aromatic N) is 2. The van der Waals surface area contributed by atoms with Crippen LogP contribution in [0.25, 0.3) is 0 Å². The Morgan fingerprint density at radius 2 is 1.86 bits per heavy atom. The summed E-state index contributed by atoms with van der Waals surface area (Å²) < 4.78 is 43.4. The quantitative estimate of drug-likeness (QED) is 0.537. The predicted octanol–water partition coefficient (Wildman–Crippen LogP) is 3.12. The van der Waals surface area contributed by atoms with Gasteiger partial charge in [0.05, 0.1) is 5.56 Å². The molecule has 0 atom stereocenters. The summed E-state index contributed by atoms with van der Waals surface area (Å²) in [6.07, 6.45) is -4.71. The van der Waals surface area contributed by atoms with Crippen molar-refractivity contribution in [3.8, 4) is 0 Å². The number of ether oxygens (including phenoxy) is 1. The van der Waals surface area contributed by atoms with Gasteiger partial charge in [0, 0.05) is 6.20 Å². The number of benzene rings is 1. The maximum atomic E-state index is 12.8. The molecule has 0 saturated heterocycles. The van der Waals surface area contributed by atoms with Gasteiger partial charge in [-0.2, -0.15) is 18.2 Å². The van der Waals surface area contributed by atoms with Crippen LogP contribution in [0.1, 0.15) is 11.1 Å². The average Bonchev–Trinajstić information content (AvgIpc) is 2.52. The van der Waals surface area contributed by atoms with E-state index in [1.165, 1.54) is 0 Å². The molecule has 2 aromatic rings. The van der Waals surface area contributed by atoms with Gasteiger partial charge in [-0.05, 0) is 17.7 Å². The molecule has 0 saturated carbocycles. The fraction of sp³-hybridized carbons (Fsp3) is 0.143. The van der Waals surface area contributed by atoms with Gasteiger partial charge < -0.3 is 4.74 Å². The van der Waals surface area contributed by atoms with Gasteiger partial charge >= 0.3 is 12.3 Å². The van der Waals surface area contributed by atoms with Crippen molar-refractivity contribution in [3.63, 3.8) is 0 Å². The number of nitrogens with two attached hydrogens (primary N) is 1. The Bertz CT molecular complexity index is 647. The summed E-state index contributed by atoms with van der Waals surface area (Å²) in [7, 11) is 0. The van der Waals surface area contributed by atoms with Crippen LogP contribution >= 0.6 is 0 Å². The molecule has 1 aromatic carbocycles. The largest absolute Gasteiger partial charge is 0.443 e. The number of hydrazine groups is 1. The number of hydrogen-bond acceptors (Lipinski definition) is 4. The van der Waals surface area contributed by atoms with Gasteiger partial charge in [0.1, 0.15) is 6.61 Å². The van der Waals surface area contributed by atoms with Crippen LogP contribution in [0.5, 0.6) is 0 Å². The maximum Gasteiger partial charge on any atom is 0.430 e. The van der Waals surface area contributed by atoms with E-state index in [1.54, 1.807) is 30.3 Å². The molecule has 5 nitrogen and oxygen atoms in total. The molecule has 2 N–H and O–H groups in total. The SMILES string of the molecule is NN(C(=O)OCc1ccccc1)c1ncccc1C(F)(F)F. The first-order valence-electron chi connectivity index (χ1n) is 6.17. The van der Waals surface area contributed by atoms with Gasteiger partial charge in [0.2, 0.25) is 0 Å². The minimum atomic E-state index is -4.68. The fourth-order valence-corrected chi connectivity index (χ4v) is 1.69. The van der Waals surface area contributed by atoms with Crippen LogP contribution in [0.2, 0.25) is 0 Å². The molecule has 0 aliphatic heterocycles. The number of carbonyl (C=O) groups excluding carboxylic acids is 1. The number of pyridine rings is 1. The lowest BCUT2D eigenvalue weighted by Gasteiger charge is -2.19. The van der Waals surface area contributed by atoms with E-state index in [9.17, 15) is 18.0 Å². The second-order valence-corrected chi connectivity index (χ2v) is 4.28. The molecule has 116 valence electrons. The third-order valence-corrected chi connectivity index (χ3v) is 2.72. The zero-order valence-electron chi connectivity index (χ0n) is 11.2. The Morgan fingerprint density at radius 3 is 2.50 bits per heavy atom. The molecule has 2 rings (SSSR count). The lowest BCUT2D eigenvalue weighted by molar-refractivity contribution is -0.137. The van der Waals surface area contributed by atoms with E-state index in [-0.39, 0.29) is 11.6 Å². The lowest BCUT2D eigenvalue weighted by atomic mass is 10.2. The van der Waals surface area contributed by atoms with Crippen LogP contribution in [0, 0.1) is 0 Å². The number of halogens is 3. The monoisotopic (exact) mass is 311 g/mol. The van der Waals surface area contributed by atoms with E-state index < -0.39 is 23.7 Å². The van der Waals surface area contributed by atoms with Crippen LogP contribution in [0.4, 0.5) is 23.8 Å². The van der Waals surface area contributed by atoms with Crippen LogP contribution < -0.4 is 10.9 Å². The standard InChI is InChI=1S/C14H12F3N3O2/c15-14(16,17)11-7-4-8-19-12(11)20(18)13(21)22-9-10-5-2-1-3-6-10/h1-8H,9,18H2. The van der Waals surface area contributed by atoms with Crippen LogP contribution in [-0.2, 0) is 17.5 Å². The second kappa shape index (κ2) is 6.44. The zero-order chi connectivity index (χ0) is 16.2. The highest BCUT2D eigenvalue weighted by Crippen LogP contribution is 2.34. The van der Waals surface area contributed by atoms with Crippen molar-refractivity contribution in [1.29, 1.82) is 0 Å². The second-order valence-electron chi connectivity index (χ2n) is 4.28. The molecule has 1 amide bonds. The zero-order valence-corrected chi connectivity index (χ0v) is 11.2. The normalized spacial score (nSPS) is 11.1. The van der Waals surface area contributed by atoms with Crippen LogP contribution in [0.3, 0.4) is 0 Å². The Hall–Kier alpha value is -2.61. The first-order valence-corrected chi connectivity index (χ1v) is 6.17. The number of aromatic nitrogens is 1. The van der Waals surface area contributed by atoms with Crippen LogP contribution in [0.15, 0.2) is 48.7 Å². The number of rotatable bonds is 3. The van der Waals surface area contributed by atoms with Gasteiger partial charge in [-0.25, -0.2) is 15.6 Å². The first kappa shape index (κ1) is 15.8. The van der Waals surface area contributed by atoms with Gasteiger partial charge in [0.25, 0.3) is 0 Å². The summed E-state index contributed by atoms with van der Waals surface area (Å²) in [5.41, 5.74) is -0.435. The topological polar surface area (TPSA) is 68.5 Å². The number of alkyl halides is 3. The van der Waals surface area contributed by atoms with E-state index in [0.717, 1.165) is 18.3 Å². The summed E-state index contributed by atoms with van der Waals surface area (Å²) >= 11 is 0. The summed E-state index contributed by atoms with van der Waals surface area (Å²) in [5, 5.41) is 0.242. The Labute approximate surface area is 124 Å². The minimum absolute atomic E-state index is 0.110. The van der Waals surface area contributed by atoms with E-state index >= 15 is 0 Å². The molecule has 0 aliphatic carbocycles. The molecule has 0 spiro atoms. The van der Waals surface area contributed by atoms with Gasteiger partial charge in [-0.3, -0.25) is 0 Å². The summed E-state index contributed by atoms with van der Waals surface area (Å²) in [6, 6.07) is 10.6. The Balaban J connectivity index is 2.11. The summed E-state index contributed by atoms with van der Waals surface area (Å²) in [5.74, 6) is 4.68. The van der Waals surface area contributed by atoms with Gasteiger partial charge in [0.15, 0.2) is 5.82 Å². The highest BCUT2D eigenvalue weighted by atomic mass is 19.4. The number of amides is 1. The maximum absolute atomic E-state index is 12.8. The molecule has 1 aromatic heterocycles. The minimum Gasteiger partial charge on any atom is -0.443 e.